The topological polar surface area (TPSA) is 171 Å². The number of nitrogens with two attached hydrogens (primary N) is 1. The Kier molecular flexibility index (Phi) is 10.3. The van der Waals surface area contributed by atoms with Crippen molar-refractivity contribution in [2.45, 2.75) is 104 Å². The molecule has 216 valence electrons. The Labute approximate surface area is 226 Å². The third kappa shape index (κ3) is 7.91. The van der Waals surface area contributed by atoms with Gasteiger partial charge in [-0.25, -0.2) is 4.79 Å². The number of nitrogens with one attached hydrogen (secondary N) is 3. The molecule has 2 unspecified atom stereocenters. The SMILES string of the molecule is CC(C)C1CCN(C(=O)[C@@H](NC(=O)NC(C)(C)CO)C(C)(C)C)[C@@H]1C(=O)NC(CC1CCC1)C(=O)C(N)=O. The first kappa shape index (κ1) is 31.5. The van der Waals surface area contributed by atoms with Crippen molar-refractivity contribution >= 4 is 29.5 Å². The van der Waals surface area contributed by atoms with Crippen molar-refractivity contribution in [3.8, 4) is 0 Å². The molecule has 0 radical (unpaired) electrons. The van der Waals surface area contributed by atoms with E-state index in [0.717, 1.165) is 19.3 Å². The van der Waals surface area contributed by atoms with E-state index in [4.69, 9.17) is 5.73 Å². The van der Waals surface area contributed by atoms with Gasteiger partial charge in [0.1, 0.15) is 12.1 Å². The summed E-state index contributed by atoms with van der Waals surface area (Å²) in [5.41, 5.74) is 3.69. The van der Waals surface area contributed by atoms with Gasteiger partial charge in [0.05, 0.1) is 18.2 Å². The molecule has 0 aromatic rings. The van der Waals surface area contributed by atoms with Gasteiger partial charge in [0.25, 0.3) is 5.91 Å². The fourth-order valence-corrected chi connectivity index (χ4v) is 5.15. The van der Waals surface area contributed by atoms with Crippen LogP contribution >= 0.6 is 0 Å². The highest BCUT2D eigenvalue weighted by atomic mass is 16.3. The van der Waals surface area contributed by atoms with Gasteiger partial charge in [-0.3, -0.25) is 19.2 Å². The molecular formula is C27H47N5O6. The summed E-state index contributed by atoms with van der Waals surface area (Å²) in [5.74, 6) is -2.70. The van der Waals surface area contributed by atoms with Crippen molar-refractivity contribution in [3.05, 3.63) is 0 Å². The minimum Gasteiger partial charge on any atom is -0.394 e. The second kappa shape index (κ2) is 12.4. The van der Waals surface area contributed by atoms with Crippen LogP contribution in [0.1, 0.15) is 80.6 Å². The Bertz CT molecular complexity index is 908. The van der Waals surface area contributed by atoms with E-state index in [1.54, 1.807) is 13.8 Å². The van der Waals surface area contributed by atoms with E-state index in [9.17, 15) is 29.1 Å². The van der Waals surface area contributed by atoms with E-state index in [1.165, 1.54) is 4.90 Å². The van der Waals surface area contributed by atoms with Crippen molar-refractivity contribution in [2.75, 3.05) is 13.2 Å². The number of likely N-dealkylation sites (tertiary alicyclic amines) is 1. The van der Waals surface area contributed by atoms with Crippen LogP contribution in [0.15, 0.2) is 0 Å². The summed E-state index contributed by atoms with van der Waals surface area (Å²) >= 11 is 0. The van der Waals surface area contributed by atoms with Crippen LogP contribution in [0.4, 0.5) is 4.79 Å². The molecule has 2 aliphatic rings. The number of primary amides is 1. The van der Waals surface area contributed by atoms with Crippen LogP contribution in [0.25, 0.3) is 0 Å². The lowest BCUT2D eigenvalue weighted by Crippen LogP contribution is -2.62. The molecule has 1 saturated heterocycles. The molecule has 11 heteroatoms. The number of ketones is 1. The zero-order chi connectivity index (χ0) is 29.0. The van der Waals surface area contributed by atoms with Crippen molar-refractivity contribution < 1.29 is 29.1 Å². The monoisotopic (exact) mass is 537 g/mol. The number of urea groups is 1. The fraction of sp³-hybridized carbons (Fsp3) is 0.815. The molecule has 6 N–H and O–H groups in total. The highest BCUT2D eigenvalue weighted by molar-refractivity contribution is 6.37. The van der Waals surface area contributed by atoms with Crippen LogP contribution in [0.2, 0.25) is 0 Å². The Morgan fingerprint density at radius 3 is 2.05 bits per heavy atom. The molecule has 1 aliphatic carbocycles. The normalized spacial score (nSPS) is 21.9. The van der Waals surface area contributed by atoms with Gasteiger partial charge in [-0.15, -0.1) is 0 Å². The molecule has 0 aromatic carbocycles. The molecule has 38 heavy (non-hydrogen) atoms. The predicted molar refractivity (Wildman–Crippen MR) is 143 cm³/mol. The van der Waals surface area contributed by atoms with Gasteiger partial charge in [0.2, 0.25) is 17.6 Å². The average Bonchev–Trinajstić information content (AvgIpc) is 3.22. The largest absolute Gasteiger partial charge is 0.394 e. The molecule has 2 fully saturated rings. The van der Waals surface area contributed by atoms with Crippen molar-refractivity contribution in [3.63, 3.8) is 0 Å². The summed E-state index contributed by atoms with van der Waals surface area (Å²) in [4.78, 5) is 66.1. The van der Waals surface area contributed by atoms with E-state index < -0.39 is 58.6 Å². The molecule has 1 aliphatic heterocycles. The third-order valence-electron chi connectivity index (χ3n) is 7.76. The van der Waals surface area contributed by atoms with Crippen molar-refractivity contribution in [2.24, 2.45) is 28.9 Å². The van der Waals surface area contributed by atoms with Gasteiger partial charge in [-0.05, 0) is 49.9 Å². The summed E-state index contributed by atoms with van der Waals surface area (Å²) in [5, 5.41) is 17.7. The summed E-state index contributed by atoms with van der Waals surface area (Å²) in [6.07, 6.45) is 3.82. The van der Waals surface area contributed by atoms with E-state index in [0.29, 0.717) is 19.4 Å². The summed E-state index contributed by atoms with van der Waals surface area (Å²) in [7, 11) is 0. The number of carbonyl (C=O) groups excluding carboxylic acids is 5. The minimum absolute atomic E-state index is 0.0650. The second-order valence-electron chi connectivity index (χ2n) is 12.9. The highest BCUT2D eigenvalue weighted by Crippen LogP contribution is 2.34. The molecule has 1 saturated carbocycles. The fourth-order valence-electron chi connectivity index (χ4n) is 5.15. The van der Waals surface area contributed by atoms with Crippen molar-refractivity contribution in [1.29, 1.82) is 0 Å². The zero-order valence-electron chi connectivity index (χ0n) is 23.9. The molecule has 0 spiro atoms. The molecule has 1 heterocycles. The smallest absolute Gasteiger partial charge is 0.315 e. The summed E-state index contributed by atoms with van der Waals surface area (Å²) in [6.45, 7) is 12.7. The lowest BCUT2D eigenvalue weighted by Gasteiger charge is -2.38. The third-order valence-corrected chi connectivity index (χ3v) is 7.76. The molecule has 0 aromatic heterocycles. The van der Waals surface area contributed by atoms with E-state index in [2.05, 4.69) is 16.0 Å². The van der Waals surface area contributed by atoms with Crippen LogP contribution in [-0.2, 0) is 19.2 Å². The van der Waals surface area contributed by atoms with Crippen molar-refractivity contribution in [1.82, 2.24) is 20.9 Å². The van der Waals surface area contributed by atoms with Crippen LogP contribution in [0.3, 0.4) is 0 Å². The maximum atomic E-state index is 13.9. The quantitative estimate of drug-likeness (QED) is 0.247. The number of carbonyl (C=O) groups is 5. The van der Waals surface area contributed by atoms with Crippen LogP contribution in [0.5, 0.6) is 0 Å². The molecular weight excluding hydrogens is 490 g/mol. The first-order chi connectivity index (χ1) is 17.5. The van der Waals surface area contributed by atoms with E-state index in [-0.39, 0.29) is 24.4 Å². The molecule has 5 amide bonds. The number of rotatable bonds is 11. The number of aliphatic hydroxyl groups excluding tert-OH is 1. The number of amides is 5. The lowest BCUT2D eigenvalue weighted by molar-refractivity contribution is -0.144. The summed E-state index contributed by atoms with van der Waals surface area (Å²) in [6, 6.07) is -3.46. The standard InChI is InChI=1S/C27H47N5O6/c1-15(2)17-11-12-32(24(37)21(26(3,4)5)30-25(38)31-27(6,7)14-33)19(17)23(36)29-18(20(34)22(28)35)13-16-9-8-10-16/h15-19,21,33H,8-14H2,1-7H3,(H2,28,35)(H,29,36)(H2,30,31,38)/t17?,18?,19-,21+/m0/s1. The minimum atomic E-state index is -1.09. The molecule has 11 nitrogen and oxygen atoms in total. The number of hydrogen-bond donors (Lipinski definition) is 5. The lowest BCUT2D eigenvalue weighted by atomic mass is 9.80. The Morgan fingerprint density at radius 2 is 1.61 bits per heavy atom. The van der Waals surface area contributed by atoms with Crippen LogP contribution in [-0.4, -0.2) is 76.4 Å². The second-order valence-corrected chi connectivity index (χ2v) is 12.9. The van der Waals surface area contributed by atoms with E-state index in [1.807, 2.05) is 34.6 Å². The maximum absolute atomic E-state index is 13.9. The number of Topliss-reactive ketones (excluding diaryl/α,β-unsaturated/α-hetero) is 1. The molecule has 0 bridgehead atoms. The maximum Gasteiger partial charge on any atom is 0.315 e. The van der Waals surface area contributed by atoms with Gasteiger partial charge in [0.15, 0.2) is 0 Å². The van der Waals surface area contributed by atoms with E-state index >= 15 is 0 Å². The van der Waals surface area contributed by atoms with Gasteiger partial charge >= 0.3 is 6.03 Å². The Morgan fingerprint density at radius 1 is 1.00 bits per heavy atom. The van der Waals surface area contributed by atoms with Crippen LogP contribution in [0, 0.1) is 23.2 Å². The van der Waals surface area contributed by atoms with Crippen LogP contribution < -0.4 is 21.7 Å². The number of hydrogen-bond acceptors (Lipinski definition) is 6. The first-order valence-corrected chi connectivity index (χ1v) is 13.6. The number of nitrogens with zero attached hydrogens (tertiary/aromatic N) is 1. The Balaban J connectivity index is 2.31. The van der Waals surface area contributed by atoms with Gasteiger partial charge in [-0.2, -0.15) is 0 Å². The Hall–Kier alpha value is -2.69. The van der Waals surface area contributed by atoms with Gasteiger partial charge in [0, 0.05) is 6.54 Å². The van der Waals surface area contributed by atoms with Gasteiger partial charge < -0.3 is 31.7 Å². The molecule has 2 rings (SSSR count). The number of aliphatic hydroxyl groups is 1. The zero-order valence-corrected chi connectivity index (χ0v) is 23.9. The van der Waals surface area contributed by atoms with Gasteiger partial charge in [-0.1, -0.05) is 53.9 Å². The highest BCUT2D eigenvalue weighted by Gasteiger charge is 2.48. The summed E-state index contributed by atoms with van der Waals surface area (Å²) < 4.78 is 0. The molecule has 4 atom stereocenters. The predicted octanol–water partition coefficient (Wildman–Crippen LogP) is 1.07. The first-order valence-electron chi connectivity index (χ1n) is 13.6. The average molecular weight is 538 g/mol.